The van der Waals surface area contributed by atoms with E-state index in [4.69, 9.17) is 17.3 Å². The molecule has 0 aliphatic rings. The Hall–Kier alpha value is -0.860. The number of carbonyl (C=O) groups excluding carboxylic acids is 1. The van der Waals surface area contributed by atoms with Gasteiger partial charge < -0.3 is 5.73 Å². The van der Waals surface area contributed by atoms with Crippen LogP contribution in [0.5, 0.6) is 0 Å². The second-order valence-corrected chi connectivity index (χ2v) is 2.99. The van der Waals surface area contributed by atoms with Gasteiger partial charge >= 0.3 is 0 Å². The molecule has 63 valence electrons. The quantitative estimate of drug-likeness (QED) is 0.766. The molecule has 0 amide bonds. The maximum absolute atomic E-state index is 10.1. The fourth-order valence-corrected chi connectivity index (χ4v) is 1.17. The van der Waals surface area contributed by atoms with Gasteiger partial charge in [-0.15, -0.1) is 0 Å². The molecule has 1 rings (SSSR count). The molecule has 1 aromatic carbocycles. The summed E-state index contributed by atoms with van der Waals surface area (Å²) in [6.07, 6.45) is 2.21. The van der Waals surface area contributed by atoms with Crippen molar-refractivity contribution in [1.82, 2.24) is 0 Å². The lowest BCUT2D eigenvalue weighted by atomic mass is 10.1. The van der Waals surface area contributed by atoms with Crippen molar-refractivity contribution in [2.45, 2.75) is 12.5 Å². The molecule has 0 aliphatic heterocycles. The molecular formula is C9H9ClNO. The lowest BCUT2D eigenvalue weighted by Crippen LogP contribution is -2.23. The zero-order valence-electron chi connectivity index (χ0n) is 6.46. The van der Waals surface area contributed by atoms with Gasteiger partial charge in [0, 0.05) is 5.02 Å². The average Bonchev–Trinajstić information content (AvgIpc) is 2.04. The Morgan fingerprint density at radius 1 is 1.58 bits per heavy atom. The average molecular weight is 183 g/mol. The SMILES string of the molecule is N[C@@H]([C]=O)Cc1cccc(Cl)c1. The molecule has 0 aliphatic carbocycles. The molecule has 1 atom stereocenters. The van der Waals surface area contributed by atoms with Crippen LogP contribution in [0.15, 0.2) is 24.3 Å². The van der Waals surface area contributed by atoms with Crippen LogP contribution in [-0.2, 0) is 11.2 Å². The van der Waals surface area contributed by atoms with Crippen LogP contribution in [0, 0.1) is 0 Å². The number of halogens is 1. The maximum atomic E-state index is 10.1. The van der Waals surface area contributed by atoms with Gasteiger partial charge in [-0.3, -0.25) is 4.79 Å². The summed E-state index contributed by atoms with van der Waals surface area (Å²) >= 11 is 5.73. The standard InChI is InChI=1S/C9H9ClNO/c10-8-3-1-2-7(4-8)5-9(11)6-12/h1-4,9H,5,11H2/t9-/m1/s1. The van der Waals surface area contributed by atoms with E-state index in [1.165, 1.54) is 0 Å². The van der Waals surface area contributed by atoms with Gasteiger partial charge in [-0.1, -0.05) is 23.7 Å². The zero-order chi connectivity index (χ0) is 8.97. The van der Waals surface area contributed by atoms with Crippen molar-refractivity contribution in [1.29, 1.82) is 0 Å². The van der Waals surface area contributed by atoms with Gasteiger partial charge in [0.05, 0.1) is 6.04 Å². The molecule has 0 spiro atoms. The van der Waals surface area contributed by atoms with Crippen molar-refractivity contribution in [3.8, 4) is 0 Å². The molecule has 12 heavy (non-hydrogen) atoms. The van der Waals surface area contributed by atoms with Crippen LogP contribution in [0.2, 0.25) is 5.02 Å². The van der Waals surface area contributed by atoms with Gasteiger partial charge in [-0.2, -0.15) is 0 Å². The smallest absolute Gasteiger partial charge is 0.217 e. The first kappa shape index (κ1) is 9.23. The van der Waals surface area contributed by atoms with Gasteiger partial charge in [0.2, 0.25) is 6.29 Å². The van der Waals surface area contributed by atoms with Gasteiger partial charge in [-0.05, 0) is 24.1 Å². The molecule has 0 saturated heterocycles. The van der Waals surface area contributed by atoms with Crippen LogP contribution in [0.4, 0.5) is 0 Å². The Bertz CT molecular complexity index is 275. The van der Waals surface area contributed by atoms with Crippen LogP contribution < -0.4 is 5.73 Å². The third-order valence-corrected chi connectivity index (χ3v) is 1.73. The van der Waals surface area contributed by atoms with Gasteiger partial charge in [0.1, 0.15) is 0 Å². The van der Waals surface area contributed by atoms with Crippen LogP contribution in [0.3, 0.4) is 0 Å². The summed E-state index contributed by atoms with van der Waals surface area (Å²) in [5.74, 6) is 0. The largest absolute Gasteiger partial charge is 0.321 e. The van der Waals surface area contributed by atoms with Gasteiger partial charge in [0.25, 0.3) is 0 Å². The minimum absolute atomic E-state index is 0.490. The molecule has 0 saturated carbocycles. The van der Waals surface area contributed by atoms with E-state index in [1.807, 2.05) is 12.1 Å². The number of benzene rings is 1. The van der Waals surface area contributed by atoms with E-state index >= 15 is 0 Å². The molecule has 0 unspecified atom stereocenters. The lowest BCUT2D eigenvalue weighted by molar-refractivity contribution is 0.541. The number of hydrogen-bond acceptors (Lipinski definition) is 2. The second-order valence-electron chi connectivity index (χ2n) is 2.56. The molecule has 1 radical (unpaired) electrons. The minimum Gasteiger partial charge on any atom is -0.321 e. The molecule has 3 heteroatoms. The van der Waals surface area contributed by atoms with E-state index in [-0.39, 0.29) is 0 Å². The Morgan fingerprint density at radius 3 is 2.92 bits per heavy atom. The Balaban J connectivity index is 2.69. The van der Waals surface area contributed by atoms with Gasteiger partial charge in [0.15, 0.2) is 0 Å². The third kappa shape index (κ3) is 2.64. The van der Waals surface area contributed by atoms with Crippen LogP contribution in [0.1, 0.15) is 5.56 Å². The van der Waals surface area contributed by atoms with E-state index < -0.39 is 6.04 Å². The summed E-state index contributed by atoms with van der Waals surface area (Å²) in [5, 5.41) is 0.658. The van der Waals surface area contributed by atoms with Crippen molar-refractivity contribution in [3.05, 3.63) is 34.9 Å². The van der Waals surface area contributed by atoms with Crippen molar-refractivity contribution in [3.63, 3.8) is 0 Å². The highest BCUT2D eigenvalue weighted by atomic mass is 35.5. The predicted octanol–water partition coefficient (Wildman–Crippen LogP) is 1.32. The highest BCUT2D eigenvalue weighted by molar-refractivity contribution is 6.30. The van der Waals surface area contributed by atoms with Crippen LogP contribution in [-0.4, -0.2) is 12.3 Å². The molecule has 2 N–H and O–H groups in total. The Labute approximate surface area is 76.3 Å². The van der Waals surface area contributed by atoms with E-state index in [0.717, 1.165) is 5.56 Å². The second kappa shape index (κ2) is 4.24. The summed E-state index contributed by atoms with van der Waals surface area (Å²) < 4.78 is 0. The molecule has 0 aromatic heterocycles. The predicted molar refractivity (Wildman–Crippen MR) is 48.8 cm³/mol. The first-order chi connectivity index (χ1) is 5.72. The van der Waals surface area contributed by atoms with Crippen LogP contribution >= 0.6 is 11.6 Å². The summed E-state index contributed by atoms with van der Waals surface area (Å²) in [6, 6.07) is 6.72. The minimum atomic E-state index is -0.552. The number of hydrogen-bond donors (Lipinski definition) is 1. The highest BCUT2D eigenvalue weighted by Gasteiger charge is 2.02. The Morgan fingerprint density at radius 2 is 2.33 bits per heavy atom. The fraction of sp³-hybridized carbons (Fsp3) is 0.222. The maximum Gasteiger partial charge on any atom is 0.217 e. The first-order valence-electron chi connectivity index (χ1n) is 3.60. The van der Waals surface area contributed by atoms with Crippen molar-refractivity contribution >= 4 is 17.9 Å². The number of nitrogens with two attached hydrogens (primary N) is 1. The fourth-order valence-electron chi connectivity index (χ4n) is 0.960. The summed E-state index contributed by atoms with van der Waals surface area (Å²) in [5.41, 5.74) is 6.35. The molecule has 1 aromatic rings. The topological polar surface area (TPSA) is 43.1 Å². The van der Waals surface area contributed by atoms with E-state index in [2.05, 4.69) is 0 Å². The van der Waals surface area contributed by atoms with Crippen molar-refractivity contribution in [2.24, 2.45) is 5.73 Å². The monoisotopic (exact) mass is 182 g/mol. The van der Waals surface area contributed by atoms with E-state index in [9.17, 15) is 4.79 Å². The first-order valence-corrected chi connectivity index (χ1v) is 3.98. The highest BCUT2D eigenvalue weighted by Crippen LogP contribution is 2.11. The number of rotatable bonds is 3. The zero-order valence-corrected chi connectivity index (χ0v) is 7.21. The molecule has 0 fully saturated rings. The molecule has 2 nitrogen and oxygen atoms in total. The van der Waals surface area contributed by atoms with Crippen molar-refractivity contribution < 1.29 is 4.79 Å². The summed E-state index contributed by atoms with van der Waals surface area (Å²) in [4.78, 5) is 10.1. The summed E-state index contributed by atoms with van der Waals surface area (Å²) in [7, 11) is 0. The normalized spacial score (nSPS) is 12.5. The molecule has 0 bridgehead atoms. The van der Waals surface area contributed by atoms with Crippen molar-refractivity contribution in [2.75, 3.05) is 0 Å². The molecule has 0 heterocycles. The molecular weight excluding hydrogens is 174 g/mol. The van der Waals surface area contributed by atoms with Crippen LogP contribution in [0.25, 0.3) is 0 Å². The van der Waals surface area contributed by atoms with E-state index in [1.54, 1.807) is 18.4 Å². The Kier molecular flexibility index (Phi) is 3.26. The van der Waals surface area contributed by atoms with Gasteiger partial charge in [-0.25, -0.2) is 0 Å². The lowest BCUT2D eigenvalue weighted by Gasteiger charge is -2.02. The third-order valence-electron chi connectivity index (χ3n) is 1.50. The summed E-state index contributed by atoms with van der Waals surface area (Å²) in [6.45, 7) is 0. The van der Waals surface area contributed by atoms with E-state index in [0.29, 0.717) is 11.4 Å².